The van der Waals surface area contributed by atoms with E-state index in [2.05, 4.69) is 39.8 Å². The van der Waals surface area contributed by atoms with Crippen molar-refractivity contribution in [2.24, 2.45) is 5.92 Å². The highest BCUT2D eigenvalue weighted by molar-refractivity contribution is 5.81. The molecule has 1 saturated carbocycles. The van der Waals surface area contributed by atoms with Crippen LogP contribution in [-0.4, -0.2) is 42.4 Å². The quantitative estimate of drug-likeness (QED) is 0.709. The molecule has 158 valence electrons. The Balaban J connectivity index is 1.25. The van der Waals surface area contributed by atoms with Gasteiger partial charge in [0.05, 0.1) is 6.04 Å². The highest BCUT2D eigenvalue weighted by Gasteiger charge is 2.31. The molecule has 0 atom stereocenters. The number of hydrogen-bond donors (Lipinski definition) is 2. The van der Waals surface area contributed by atoms with Gasteiger partial charge in [-0.25, -0.2) is 0 Å². The lowest BCUT2D eigenvalue weighted by Gasteiger charge is -2.32. The van der Waals surface area contributed by atoms with Crippen molar-refractivity contribution in [3.63, 3.8) is 0 Å². The average molecular weight is 406 g/mol. The van der Waals surface area contributed by atoms with Gasteiger partial charge in [-0.3, -0.25) is 9.59 Å². The number of piperidine rings is 1. The van der Waals surface area contributed by atoms with Gasteiger partial charge in [0.2, 0.25) is 11.8 Å². The lowest BCUT2D eigenvalue weighted by molar-refractivity contribution is -0.123. The van der Waals surface area contributed by atoms with Crippen LogP contribution in [-0.2, 0) is 9.59 Å². The lowest BCUT2D eigenvalue weighted by Crippen LogP contribution is -2.45. The summed E-state index contributed by atoms with van der Waals surface area (Å²) in [6, 6.07) is 20.4. The van der Waals surface area contributed by atoms with Crippen molar-refractivity contribution in [1.82, 2.24) is 15.5 Å². The van der Waals surface area contributed by atoms with Crippen molar-refractivity contribution in [3.8, 4) is 0 Å². The van der Waals surface area contributed by atoms with E-state index >= 15 is 0 Å². The van der Waals surface area contributed by atoms with Crippen LogP contribution < -0.4 is 10.6 Å². The summed E-state index contributed by atoms with van der Waals surface area (Å²) in [5.74, 6) is 0.575. The number of carbonyl (C=O) groups is 2. The second-order valence-corrected chi connectivity index (χ2v) is 8.47. The van der Waals surface area contributed by atoms with Crippen molar-refractivity contribution in [3.05, 3.63) is 71.8 Å². The Morgan fingerprint density at radius 2 is 1.43 bits per heavy atom. The maximum Gasteiger partial charge on any atom is 0.223 e. The molecular weight excluding hydrogens is 374 g/mol. The molecule has 4 rings (SSSR count). The Morgan fingerprint density at radius 1 is 0.867 bits per heavy atom. The molecule has 0 radical (unpaired) electrons. The predicted octanol–water partition coefficient (Wildman–Crippen LogP) is 3.27. The molecule has 1 aliphatic heterocycles. The van der Waals surface area contributed by atoms with Crippen molar-refractivity contribution < 1.29 is 9.59 Å². The Morgan fingerprint density at radius 3 is 1.97 bits per heavy atom. The number of rotatable bonds is 8. The van der Waals surface area contributed by atoms with E-state index in [1.165, 1.54) is 0 Å². The summed E-state index contributed by atoms with van der Waals surface area (Å²) < 4.78 is 0. The van der Waals surface area contributed by atoms with Gasteiger partial charge in [-0.1, -0.05) is 60.7 Å². The maximum atomic E-state index is 12.7. The Bertz CT molecular complexity index is 788. The van der Waals surface area contributed by atoms with Crippen molar-refractivity contribution >= 4 is 11.8 Å². The lowest BCUT2D eigenvalue weighted by atomic mass is 9.98. The maximum absolute atomic E-state index is 12.7. The Hall–Kier alpha value is -2.66. The minimum Gasteiger partial charge on any atom is -0.353 e. The molecule has 5 nitrogen and oxygen atoms in total. The van der Waals surface area contributed by atoms with Crippen LogP contribution in [0.4, 0.5) is 0 Å². The molecule has 1 heterocycles. The van der Waals surface area contributed by atoms with E-state index in [0.29, 0.717) is 12.5 Å². The molecular formula is C25H31N3O2. The average Bonchev–Trinajstić information content (AvgIpc) is 3.64. The number of hydrogen-bond acceptors (Lipinski definition) is 3. The van der Waals surface area contributed by atoms with E-state index in [0.717, 1.165) is 56.4 Å². The summed E-state index contributed by atoms with van der Waals surface area (Å²) in [4.78, 5) is 27.0. The number of carbonyl (C=O) groups excluding carboxylic acids is 2. The number of benzene rings is 2. The fourth-order valence-corrected chi connectivity index (χ4v) is 4.11. The Kier molecular flexibility index (Phi) is 6.80. The first kappa shape index (κ1) is 20.6. The summed E-state index contributed by atoms with van der Waals surface area (Å²) in [5.41, 5.74) is 2.17. The van der Waals surface area contributed by atoms with E-state index in [-0.39, 0.29) is 23.8 Å². The number of amides is 2. The molecule has 2 fully saturated rings. The normalized spacial score (nSPS) is 17.6. The molecule has 30 heavy (non-hydrogen) atoms. The SMILES string of the molecule is O=C(CCN1CCC(NC(=O)C2CC2)CC1)NC(c1ccccc1)c1ccccc1. The molecule has 5 heteroatoms. The molecule has 2 aliphatic rings. The molecule has 1 saturated heterocycles. The van der Waals surface area contributed by atoms with Crippen molar-refractivity contribution in [2.75, 3.05) is 19.6 Å². The molecule has 0 bridgehead atoms. The molecule has 0 unspecified atom stereocenters. The molecule has 2 aromatic carbocycles. The Labute approximate surface area is 178 Å². The van der Waals surface area contributed by atoms with Gasteiger partial charge in [-0.15, -0.1) is 0 Å². The molecule has 2 N–H and O–H groups in total. The fraction of sp³-hybridized carbons (Fsp3) is 0.440. The third-order valence-corrected chi connectivity index (χ3v) is 6.11. The second kappa shape index (κ2) is 9.90. The van der Waals surface area contributed by atoms with Gasteiger partial charge < -0.3 is 15.5 Å². The number of nitrogens with zero attached hydrogens (tertiary/aromatic N) is 1. The van der Waals surface area contributed by atoms with Gasteiger partial charge in [0.15, 0.2) is 0 Å². The van der Waals surface area contributed by atoms with Gasteiger partial charge in [0.1, 0.15) is 0 Å². The summed E-state index contributed by atoms with van der Waals surface area (Å²) in [5, 5.41) is 6.40. The number of likely N-dealkylation sites (tertiary alicyclic amines) is 1. The van der Waals surface area contributed by atoms with Crippen molar-refractivity contribution in [1.29, 1.82) is 0 Å². The summed E-state index contributed by atoms with van der Waals surface area (Å²) in [7, 11) is 0. The van der Waals surface area contributed by atoms with Crippen LogP contribution in [0, 0.1) is 5.92 Å². The van der Waals surface area contributed by atoms with Gasteiger partial charge in [0.25, 0.3) is 0 Å². The minimum atomic E-state index is -0.136. The monoisotopic (exact) mass is 405 g/mol. The van der Waals surface area contributed by atoms with Crippen LogP contribution in [0.3, 0.4) is 0 Å². The van der Waals surface area contributed by atoms with E-state index in [1.807, 2.05) is 36.4 Å². The molecule has 2 aromatic rings. The summed E-state index contributed by atoms with van der Waals surface area (Å²) in [6.45, 7) is 2.62. The van der Waals surface area contributed by atoms with Gasteiger partial charge in [-0.2, -0.15) is 0 Å². The first-order chi connectivity index (χ1) is 14.7. The largest absolute Gasteiger partial charge is 0.353 e. The fourth-order valence-electron chi connectivity index (χ4n) is 4.11. The third kappa shape index (κ3) is 5.70. The van der Waals surface area contributed by atoms with E-state index in [9.17, 15) is 9.59 Å². The summed E-state index contributed by atoms with van der Waals surface area (Å²) in [6.07, 6.45) is 4.52. The smallest absolute Gasteiger partial charge is 0.223 e. The van der Waals surface area contributed by atoms with Crippen molar-refractivity contribution in [2.45, 2.75) is 44.2 Å². The third-order valence-electron chi connectivity index (χ3n) is 6.11. The summed E-state index contributed by atoms with van der Waals surface area (Å²) >= 11 is 0. The van der Waals surface area contributed by atoms with Crippen LogP contribution in [0.2, 0.25) is 0 Å². The first-order valence-corrected chi connectivity index (χ1v) is 11.1. The number of nitrogens with one attached hydrogen (secondary N) is 2. The van der Waals surface area contributed by atoms with Crippen LogP contribution in [0.5, 0.6) is 0 Å². The zero-order valence-electron chi connectivity index (χ0n) is 17.4. The molecule has 1 aliphatic carbocycles. The van der Waals surface area contributed by atoms with Gasteiger partial charge >= 0.3 is 0 Å². The van der Waals surface area contributed by atoms with Crippen LogP contribution in [0.25, 0.3) is 0 Å². The van der Waals surface area contributed by atoms with Crippen LogP contribution >= 0.6 is 0 Å². The van der Waals surface area contributed by atoms with Gasteiger partial charge in [0, 0.05) is 38.0 Å². The second-order valence-electron chi connectivity index (χ2n) is 8.47. The zero-order valence-corrected chi connectivity index (χ0v) is 17.4. The standard InChI is InChI=1S/C25H31N3O2/c29-23(15-18-28-16-13-22(14-17-28)26-25(30)21-11-12-21)27-24(19-7-3-1-4-8-19)20-9-5-2-6-10-20/h1-10,21-22,24H,11-18H2,(H,26,30)(H,27,29). The van der Waals surface area contributed by atoms with E-state index in [4.69, 9.17) is 0 Å². The predicted molar refractivity (Wildman–Crippen MR) is 118 cm³/mol. The molecule has 0 spiro atoms. The topological polar surface area (TPSA) is 61.4 Å². The van der Waals surface area contributed by atoms with E-state index < -0.39 is 0 Å². The van der Waals surface area contributed by atoms with E-state index in [1.54, 1.807) is 0 Å². The van der Waals surface area contributed by atoms with Gasteiger partial charge in [-0.05, 0) is 36.8 Å². The minimum absolute atomic E-state index is 0.0665. The highest BCUT2D eigenvalue weighted by atomic mass is 16.2. The van der Waals surface area contributed by atoms with Crippen LogP contribution in [0.1, 0.15) is 49.3 Å². The molecule has 0 aromatic heterocycles. The zero-order chi connectivity index (χ0) is 20.8. The van der Waals surface area contributed by atoms with Crippen LogP contribution in [0.15, 0.2) is 60.7 Å². The first-order valence-electron chi connectivity index (χ1n) is 11.1. The highest BCUT2D eigenvalue weighted by Crippen LogP contribution is 2.29. The molecule has 2 amide bonds.